The molecular weight excluding hydrogens is 230 g/mol. The van der Waals surface area contributed by atoms with Crippen molar-refractivity contribution in [1.82, 2.24) is 5.32 Å². The Bertz CT molecular complexity index is 431. The Kier molecular flexibility index (Phi) is 4.20. The van der Waals surface area contributed by atoms with E-state index < -0.39 is 0 Å². The first-order valence-corrected chi connectivity index (χ1v) is 6.41. The van der Waals surface area contributed by atoms with Gasteiger partial charge in [-0.3, -0.25) is 4.79 Å². The third-order valence-corrected chi connectivity index (χ3v) is 3.10. The second-order valence-corrected chi connectivity index (χ2v) is 4.55. The minimum Gasteiger partial charge on any atom is -0.484 e. The van der Waals surface area contributed by atoms with Gasteiger partial charge in [0.2, 0.25) is 0 Å². The number of fused-ring (bicyclic) bond motifs is 1. The Morgan fingerprint density at radius 2 is 2.39 bits per heavy atom. The average Bonchev–Trinajstić information content (AvgIpc) is 2.75. The van der Waals surface area contributed by atoms with Gasteiger partial charge in [0.15, 0.2) is 6.61 Å². The van der Waals surface area contributed by atoms with Crippen molar-refractivity contribution in [2.45, 2.75) is 32.3 Å². The second-order valence-electron chi connectivity index (χ2n) is 4.55. The molecule has 0 fully saturated rings. The van der Waals surface area contributed by atoms with Gasteiger partial charge in [-0.1, -0.05) is 13.0 Å². The fourth-order valence-electron chi connectivity index (χ4n) is 2.13. The van der Waals surface area contributed by atoms with E-state index in [1.807, 2.05) is 19.1 Å². The van der Waals surface area contributed by atoms with E-state index in [-0.39, 0.29) is 18.6 Å². The van der Waals surface area contributed by atoms with Crippen molar-refractivity contribution in [1.29, 1.82) is 0 Å². The van der Waals surface area contributed by atoms with Crippen LogP contribution < -0.4 is 10.1 Å². The molecule has 1 atom stereocenters. The molecule has 0 aromatic heterocycles. The van der Waals surface area contributed by atoms with Crippen LogP contribution in [0.1, 0.15) is 37.0 Å². The highest BCUT2D eigenvalue weighted by molar-refractivity contribution is 5.77. The molecule has 18 heavy (non-hydrogen) atoms. The number of hydrogen-bond acceptors (Lipinski definition) is 3. The highest BCUT2D eigenvalue weighted by Crippen LogP contribution is 2.33. The van der Waals surface area contributed by atoms with E-state index >= 15 is 0 Å². The minimum atomic E-state index is -0.345. The maximum atomic E-state index is 11.4. The average molecular weight is 249 g/mol. The summed E-state index contributed by atoms with van der Waals surface area (Å²) in [5.41, 5.74) is 2.10. The van der Waals surface area contributed by atoms with Crippen molar-refractivity contribution in [2.24, 2.45) is 0 Å². The van der Waals surface area contributed by atoms with Gasteiger partial charge in [0, 0.05) is 6.54 Å². The van der Waals surface area contributed by atoms with E-state index in [0.29, 0.717) is 12.3 Å². The summed E-state index contributed by atoms with van der Waals surface area (Å²) in [7, 11) is 0. The lowest BCUT2D eigenvalue weighted by Crippen LogP contribution is -2.29. The first-order chi connectivity index (χ1) is 8.70. The summed E-state index contributed by atoms with van der Waals surface area (Å²) >= 11 is 0. The smallest absolute Gasteiger partial charge is 0.257 e. The standard InChI is InChI=1S/C14H19NO3/c1-2-7-15-14(17)9-18-11-4-5-12-10(8-11)3-6-13(12)16/h4-5,8,13,16H,2-3,6-7,9H2,1H3,(H,15,17)/t13-/m0/s1. The number of amides is 1. The van der Waals surface area contributed by atoms with Gasteiger partial charge >= 0.3 is 0 Å². The quantitative estimate of drug-likeness (QED) is 0.832. The van der Waals surface area contributed by atoms with Crippen LogP contribution in [0.15, 0.2) is 18.2 Å². The Balaban J connectivity index is 1.89. The van der Waals surface area contributed by atoms with Gasteiger partial charge in [-0.05, 0) is 42.5 Å². The lowest BCUT2D eigenvalue weighted by Gasteiger charge is -2.09. The van der Waals surface area contributed by atoms with Gasteiger partial charge in [-0.2, -0.15) is 0 Å². The molecule has 0 radical (unpaired) electrons. The zero-order valence-corrected chi connectivity index (χ0v) is 10.6. The zero-order valence-electron chi connectivity index (χ0n) is 10.6. The van der Waals surface area contributed by atoms with Crippen molar-refractivity contribution in [3.8, 4) is 5.75 Å². The summed E-state index contributed by atoms with van der Waals surface area (Å²) in [6.45, 7) is 2.73. The number of rotatable bonds is 5. The first kappa shape index (κ1) is 12.9. The van der Waals surface area contributed by atoms with Crippen LogP contribution in [0.2, 0.25) is 0 Å². The third kappa shape index (κ3) is 3.01. The summed E-state index contributed by atoms with van der Waals surface area (Å²) in [5, 5.41) is 12.4. The van der Waals surface area contributed by atoms with Crippen LogP contribution >= 0.6 is 0 Å². The summed E-state index contributed by atoms with van der Waals surface area (Å²) in [4.78, 5) is 11.4. The van der Waals surface area contributed by atoms with Crippen molar-refractivity contribution in [3.63, 3.8) is 0 Å². The van der Waals surface area contributed by atoms with Gasteiger partial charge in [-0.25, -0.2) is 0 Å². The molecule has 0 saturated carbocycles. The number of nitrogens with one attached hydrogen (secondary N) is 1. The maximum Gasteiger partial charge on any atom is 0.257 e. The molecule has 1 aliphatic carbocycles. The van der Waals surface area contributed by atoms with Crippen LogP contribution in [0.25, 0.3) is 0 Å². The Morgan fingerprint density at radius 3 is 3.17 bits per heavy atom. The third-order valence-electron chi connectivity index (χ3n) is 3.10. The molecule has 1 aromatic rings. The van der Waals surface area contributed by atoms with Gasteiger partial charge in [0.25, 0.3) is 5.91 Å². The summed E-state index contributed by atoms with van der Waals surface area (Å²) in [6.07, 6.45) is 2.22. The summed E-state index contributed by atoms with van der Waals surface area (Å²) in [6, 6.07) is 5.60. The highest BCUT2D eigenvalue weighted by atomic mass is 16.5. The number of carbonyl (C=O) groups excluding carboxylic acids is 1. The van der Waals surface area contributed by atoms with E-state index in [1.165, 1.54) is 0 Å². The van der Waals surface area contributed by atoms with Crippen molar-refractivity contribution < 1.29 is 14.6 Å². The zero-order chi connectivity index (χ0) is 13.0. The number of carbonyl (C=O) groups is 1. The predicted octanol–water partition coefficient (Wildman–Crippen LogP) is 1.57. The first-order valence-electron chi connectivity index (χ1n) is 6.41. The molecular formula is C14H19NO3. The molecule has 0 bridgehead atoms. The normalized spacial score (nSPS) is 17.3. The number of aryl methyl sites for hydroxylation is 1. The Hall–Kier alpha value is -1.55. The van der Waals surface area contributed by atoms with Crippen LogP contribution in [0, 0.1) is 0 Å². The largest absolute Gasteiger partial charge is 0.484 e. The molecule has 98 valence electrons. The summed E-state index contributed by atoms with van der Waals surface area (Å²) < 4.78 is 5.43. The van der Waals surface area contributed by atoms with E-state index in [9.17, 15) is 9.90 Å². The number of aliphatic hydroxyl groups is 1. The van der Waals surface area contributed by atoms with Crippen LogP contribution in [0.5, 0.6) is 5.75 Å². The van der Waals surface area contributed by atoms with Crippen LogP contribution in [0.4, 0.5) is 0 Å². The van der Waals surface area contributed by atoms with Gasteiger partial charge in [0.1, 0.15) is 5.75 Å². The number of ether oxygens (including phenoxy) is 1. The molecule has 1 amide bonds. The molecule has 0 saturated heterocycles. The monoisotopic (exact) mass is 249 g/mol. The SMILES string of the molecule is CCCNC(=O)COc1ccc2c(c1)CC[C@@H]2O. The topological polar surface area (TPSA) is 58.6 Å². The number of aliphatic hydroxyl groups excluding tert-OH is 1. The summed E-state index contributed by atoms with van der Waals surface area (Å²) in [5.74, 6) is 0.590. The van der Waals surface area contributed by atoms with E-state index in [1.54, 1.807) is 6.07 Å². The Labute approximate surface area is 107 Å². The molecule has 0 spiro atoms. The Morgan fingerprint density at radius 1 is 1.56 bits per heavy atom. The highest BCUT2D eigenvalue weighted by Gasteiger charge is 2.20. The lowest BCUT2D eigenvalue weighted by atomic mass is 10.1. The van der Waals surface area contributed by atoms with Gasteiger partial charge in [-0.15, -0.1) is 0 Å². The van der Waals surface area contributed by atoms with Crippen LogP contribution in [-0.4, -0.2) is 24.2 Å². The molecule has 0 unspecified atom stereocenters. The van der Waals surface area contributed by atoms with Crippen LogP contribution in [0.3, 0.4) is 0 Å². The molecule has 0 aliphatic heterocycles. The van der Waals surface area contributed by atoms with Gasteiger partial charge in [0.05, 0.1) is 6.10 Å². The molecule has 0 heterocycles. The fraction of sp³-hybridized carbons (Fsp3) is 0.500. The van der Waals surface area contributed by atoms with E-state index in [0.717, 1.165) is 30.4 Å². The minimum absolute atomic E-state index is 0.0430. The molecule has 4 heteroatoms. The van der Waals surface area contributed by atoms with E-state index in [4.69, 9.17) is 4.74 Å². The molecule has 4 nitrogen and oxygen atoms in total. The molecule has 1 aromatic carbocycles. The maximum absolute atomic E-state index is 11.4. The number of hydrogen-bond donors (Lipinski definition) is 2. The second kappa shape index (κ2) is 5.87. The van der Waals surface area contributed by atoms with E-state index in [2.05, 4.69) is 5.32 Å². The van der Waals surface area contributed by atoms with Gasteiger partial charge < -0.3 is 15.2 Å². The lowest BCUT2D eigenvalue weighted by molar-refractivity contribution is -0.123. The number of benzene rings is 1. The van der Waals surface area contributed by atoms with Crippen molar-refractivity contribution >= 4 is 5.91 Å². The predicted molar refractivity (Wildman–Crippen MR) is 68.5 cm³/mol. The molecule has 1 aliphatic rings. The fourth-order valence-corrected chi connectivity index (χ4v) is 2.13. The van der Waals surface area contributed by atoms with Crippen LogP contribution in [-0.2, 0) is 11.2 Å². The van der Waals surface area contributed by atoms with Crippen molar-refractivity contribution in [3.05, 3.63) is 29.3 Å². The molecule has 2 N–H and O–H groups in total. The molecule has 2 rings (SSSR count). The van der Waals surface area contributed by atoms with Crippen molar-refractivity contribution in [2.75, 3.05) is 13.2 Å².